The highest BCUT2D eigenvalue weighted by Crippen LogP contribution is 2.29. The molecule has 3 aromatic rings. The molecule has 3 rings (SSSR count). The van der Waals surface area contributed by atoms with Gasteiger partial charge in [0.05, 0.1) is 13.2 Å². The summed E-state index contributed by atoms with van der Waals surface area (Å²) in [6, 6.07) is 22.3. The maximum absolute atomic E-state index is 8.88. The van der Waals surface area contributed by atoms with Gasteiger partial charge >= 0.3 is 0 Å². The van der Waals surface area contributed by atoms with Gasteiger partial charge in [-0.15, -0.1) is 0 Å². The zero-order chi connectivity index (χ0) is 19.1. The van der Waals surface area contributed by atoms with Gasteiger partial charge < -0.3 is 19.7 Å². The van der Waals surface area contributed by atoms with E-state index in [0.717, 1.165) is 39.3 Å². The predicted molar refractivity (Wildman–Crippen MR) is 107 cm³/mol. The van der Waals surface area contributed by atoms with Crippen LogP contribution in [0.15, 0.2) is 66.7 Å². The van der Waals surface area contributed by atoms with Gasteiger partial charge in [0, 0.05) is 0 Å². The highest BCUT2D eigenvalue weighted by Gasteiger charge is 2.05. The lowest BCUT2D eigenvalue weighted by Gasteiger charge is -2.11. The van der Waals surface area contributed by atoms with E-state index in [1.807, 2.05) is 43.3 Å². The normalized spacial score (nSPS) is 10.6. The van der Waals surface area contributed by atoms with Crippen molar-refractivity contribution >= 4 is 0 Å². The van der Waals surface area contributed by atoms with E-state index in [9.17, 15) is 0 Å². The summed E-state index contributed by atoms with van der Waals surface area (Å²) in [5.74, 6) is 1.55. The predicted octanol–water partition coefficient (Wildman–Crippen LogP) is 4.07. The lowest BCUT2D eigenvalue weighted by molar-refractivity contribution is 0.200. The van der Waals surface area contributed by atoms with Gasteiger partial charge in [0.25, 0.3) is 0 Å². The van der Waals surface area contributed by atoms with Gasteiger partial charge in [-0.2, -0.15) is 0 Å². The van der Waals surface area contributed by atoms with E-state index in [1.54, 1.807) is 0 Å². The Morgan fingerprint density at radius 2 is 1.11 bits per heavy atom. The Hall–Kier alpha value is -2.82. The molecular weight excluding hydrogens is 340 g/mol. The summed E-state index contributed by atoms with van der Waals surface area (Å²) in [7, 11) is 0. The first-order chi connectivity index (χ1) is 13.2. The second-order valence-electron chi connectivity index (χ2n) is 6.23. The Morgan fingerprint density at radius 1 is 0.630 bits per heavy atom. The van der Waals surface area contributed by atoms with E-state index >= 15 is 0 Å². The molecule has 0 unspecified atom stereocenters. The van der Waals surface area contributed by atoms with Crippen LogP contribution in [-0.2, 0) is 0 Å². The molecule has 0 saturated carbocycles. The quantitative estimate of drug-likeness (QED) is 0.633. The lowest BCUT2D eigenvalue weighted by atomic mass is 9.99. The van der Waals surface area contributed by atoms with Crippen LogP contribution >= 0.6 is 0 Å². The van der Waals surface area contributed by atoms with E-state index in [0.29, 0.717) is 13.2 Å². The van der Waals surface area contributed by atoms with Crippen molar-refractivity contribution in [1.29, 1.82) is 0 Å². The molecule has 3 aromatic carbocycles. The Labute approximate surface area is 159 Å². The van der Waals surface area contributed by atoms with Gasteiger partial charge in [-0.05, 0) is 59.0 Å². The molecule has 0 fully saturated rings. The van der Waals surface area contributed by atoms with Gasteiger partial charge in [0.2, 0.25) is 0 Å². The minimum Gasteiger partial charge on any atom is -0.491 e. The van der Waals surface area contributed by atoms with Crippen molar-refractivity contribution < 1.29 is 19.7 Å². The molecule has 0 saturated heterocycles. The van der Waals surface area contributed by atoms with Crippen LogP contribution in [0.1, 0.15) is 5.56 Å². The fourth-order valence-corrected chi connectivity index (χ4v) is 2.91. The molecule has 0 amide bonds. The van der Waals surface area contributed by atoms with Crippen molar-refractivity contribution in [2.75, 3.05) is 26.4 Å². The van der Waals surface area contributed by atoms with Crippen LogP contribution in [0.2, 0.25) is 0 Å². The molecular formula is C23H24O4. The summed E-state index contributed by atoms with van der Waals surface area (Å²) in [5, 5.41) is 17.7. The maximum Gasteiger partial charge on any atom is 0.122 e. The number of hydrogen-bond acceptors (Lipinski definition) is 4. The van der Waals surface area contributed by atoms with E-state index < -0.39 is 0 Å². The Balaban J connectivity index is 1.74. The second kappa shape index (κ2) is 9.21. The van der Waals surface area contributed by atoms with Crippen LogP contribution < -0.4 is 9.47 Å². The van der Waals surface area contributed by atoms with Crippen LogP contribution in [0.5, 0.6) is 11.5 Å². The van der Waals surface area contributed by atoms with Crippen LogP contribution in [0.4, 0.5) is 0 Å². The number of aliphatic hydroxyl groups is 2. The first kappa shape index (κ1) is 19.0. The Kier molecular flexibility index (Phi) is 6.47. The topological polar surface area (TPSA) is 58.9 Å². The summed E-state index contributed by atoms with van der Waals surface area (Å²) >= 11 is 0. The van der Waals surface area contributed by atoms with Crippen molar-refractivity contribution in [3.8, 4) is 33.8 Å². The van der Waals surface area contributed by atoms with Crippen LogP contribution in [0, 0.1) is 6.92 Å². The largest absolute Gasteiger partial charge is 0.491 e. The van der Waals surface area contributed by atoms with E-state index in [4.69, 9.17) is 19.7 Å². The maximum atomic E-state index is 8.88. The Morgan fingerprint density at radius 3 is 1.67 bits per heavy atom. The molecule has 0 aliphatic rings. The van der Waals surface area contributed by atoms with Crippen LogP contribution in [0.25, 0.3) is 22.3 Å². The van der Waals surface area contributed by atoms with Crippen LogP contribution in [0.3, 0.4) is 0 Å². The minimum atomic E-state index is 0.0111. The average molecular weight is 364 g/mol. The summed E-state index contributed by atoms with van der Waals surface area (Å²) in [4.78, 5) is 0. The fraction of sp³-hybridized carbons (Fsp3) is 0.217. The zero-order valence-electron chi connectivity index (χ0n) is 15.4. The molecule has 140 valence electrons. The van der Waals surface area contributed by atoms with Gasteiger partial charge in [0.1, 0.15) is 24.7 Å². The number of ether oxygens (including phenoxy) is 2. The molecule has 0 aliphatic heterocycles. The number of aryl methyl sites for hydroxylation is 1. The molecule has 0 spiro atoms. The summed E-state index contributed by atoms with van der Waals surface area (Å²) in [6.07, 6.45) is 0. The van der Waals surface area contributed by atoms with Crippen LogP contribution in [-0.4, -0.2) is 36.6 Å². The van der Waals surface area contributed by atoms with Crippen molar-refractivity contribution in [3.05, 3.63) is 72.3 Å². The number of hydrogen-bond donors (Lipinski definition) is 2. The molecule has 0 atom stereocenters. The van der Waals surface area contributed by atoms with Crippen molar-refractivity contribution in [1.82, 2.24) is 0 Å². The van der Waals surface area contributed by atoms with Gasteiger partial charge in [-0.1, -0.05) is 42.5 Å². The third kappa shape index (κ3) is 4.88. The second-order valence-corrected chi connectivity index (χ2v) is 6.23. The smallest absolute Gasteiger partial charge is 0.122 e. The van der Waals surface area contributed by atoms with Gasteiger partial charge in [-0.3, -0.25) is 0 Å². The SMILES string of the molecule is Cc1cc(-c2ccc(-c3ccc(OCCO)cc3)cc2)ccc1OCCO. The molecule has 27 heavy (non-hydrogen) atoms. The fourth-order valence-electron chi connectivity index (χ4n) is 2.91. The minimum absolute atomic E-state index is 0.0111. The molecule has 0 radical (unpaired) electrons. The molecule has 2 N–H and O–H groups in total. The van der Waals surface area contributed by atoms with Crippen molar-refractivity contribution in [3.63, 3.8) is 0 Å². The monoisotopic (exact) mass is 364 g/mol. The van der Waals surface area contributed by atoms with Gasteiger partial charge in [-0.25, -0.2) is 0 Å². The number of benzene rings is 3. The standard InChI is InChI=1S/C23H24O4/c1-17-16-21(8-11-23(17)27-15-13-25)20-4-2-18(3-5-20)19-6-9-22(10-7-19)26-14-12-24/h2-11,16,24-25H,12-15H2,1H3. The highest BCUT2D eigenvalue weighted by molar-refractivity contribution is 5.71. The average Bonchev–Trinajstić information content (AvgIpc) is 2.72. The molecule has 0 aromatic heterocycles. The highest BCUT2D eigenvalue weighted by atomic mass is 16.5. The molecule has 0 heterocycles. The van der Waals surface area contributed by atoms with E-state index in [-0.39, 0.29) is 13.2 Å². The number of aliphatic hydroxyl groups excluding tert-OH is 2. The van der Waals surface area contributed by atoms with Crippen molar-refractivity contribution in [2.24, 2.45) is 0 Å². The summed E-state index contributed by atoms with van der Waals surface area (Å²) in [5.41, 5.74) is 5.55. The lowest BCUT2D eigenvalue weighted by Crippen LogP contribution is -2.02. The third-order valence-corrected chi connectivity index (χ3v) is 4.29. The zero-order valence-corrected chi connectivity index (χ0v) is 15.4. The molecule has 0 aliphatic carbocycles. The number of rotatable bonds is 8. The van der Waals surface area contributed by atoms with E-state index in [1.165, 1.54) is 0 Å². The van der Waals surface area contributed by atoms with Crippen molar-refractivity contribution in [2.45, 2.75) is 6.92 Å². The summed E-state index contributed by atoms with van der Waals surface area (Å²) < 4.78 is 10.9. The first-order valence-electron chi connectivity index (χ1n) is 9.00. The first-order valence-corrected chi connectivity index (χ1v) is 9.00. The summed E-state index contributed by atoms with van der Waals surface area (Å²) in [6.45, 7) is 2.63. The molecule has 4 heteroatoms. The Bertz CT molecular complexity index is 855. The third-order valence-electron chi connectivity index (χ3n) is 4.29. The molecule has 4 nitrogen and oxygen atoms in total. The molecule has 0 bridgehead atoms. The van der Waals surface area contributed by atoms with Gasteiger partial charge in [0.15, 0.2) is 0 Å². The van der Waals surface area contributed by atoms with E-state index in [2.05, 4.69) is 30.3 Å².